The van der Waals surface area contributed by atoms with Crippen LogP contribution < -0.4 is 4.74 Å². The molecule has 0 aliphatic carbocycles. The van der Waals surface area contributed by atoms with Crippen molar-refractivity contribution in [1.82, 2.24) is 4.90 Å². The Kier molecular flexibility index (Phi) is 5.73. The first-order chi connectivity index (χ1) is 11.4. The van der Waals surface area contributed by atoms with Gasteiger partial charge in [-0.15, -0.1) is 0 Å². The Hall–Kier alpha value is -2.64. The SMILES string of the molecule is COc1cc(C(=O)N2CCCC(CCC(=O)O)C2)ccc1[N+](=O)[O-]. The molecule has 2 rings (SSSR count). The molecule has 1 saturated heterocycles. The highest BCUT2D eigenvalue weighted by atomic mass is 16.6. The van der Waals surface area contributed by atoms with Gasteiger partial charge in [0, 0.05) is 37.2 Å². The molecule has 1 fully saturated rings. The summed E-state index contributed by atoms with van der Waals surface area (Å²) in [5.41, 5.74) is 0.142. The number of benzene rings is 1. The highest BCUT2D eigenvalue weighted by molar-refractivity contribution is 5.95. The number of amides is 1. The van der Waals surface area contributed by atoms with Gasteiger partial charge in [-0.2, -0.15) is 0 Å². The minimum Gasteiger partial charge on any atom is -0.490 e. The maximum Gasteiger partial charge on any atom is 0.310 e. The zero-order chi connectivity index (χ0) is 17.7. The van der Waals surface area contributed by atoms with Crippen LogP contribution in [0.5, 0.6) is 5.75 Å². The van der Waals surface area contributed by atoms with E-state index in [0.717, 1.165) is 12.8 Å². The van der Waals surface area contributed by atoms with E-state index >= 15 is 0 Å². The van der Waals surface area contributed by atoms with Gasteiger partial charge in [0.2, 0.25) is 0 Å². The van der Waals surface area contributed by atoms with Gasteiger partial charge < -0.3 is 14.7 Å². The number of carboxylic acids is 1. The van der Waals surface area contributed by atoms with E-state index in [1.807, 2.05) is 0 Å². The summed E-state index contributed by atoms with van der Waals surface area (Å²) in [6.07, 6.45) is 2.36. The average molecular weight is 336 g/mol. The largest absolute Gasteiger partial charge is 0.490 e. The maximum atomic E-state index is 12.6. The average Bonchev–Trinajstić information content (AvgIpc) is 2.58. The van der Waals surface area contributed by atoms with Crippen LogP contribution in [0.25, 0.3) is 0 Å². The Balaban J connectivity index is 2.10. The van der Waals surface area contributed by atoms with Crippen LogP contribution in [0.4, 0.5) is 5.69 Å². The third-order valence-corrected chi connectivity index (χ3v) is 4.20. The van der Waals surface area contributed by atoms with Crippen LogP contribution in [0.1, 0.15) is 36.0 Å². The van der Waals surface area contributed by atoms with E-state index in [9.17, 15) is 19.7 Å². The molecular weight excluding hydrogens is 316 g/mol. The quantitative estimate of drug-likeness (QED) is 0.630. The Morgan fingerprint density at radius 1 is 1.46 bits per heavy atom. The van der Waals surface area contributed by atoms with Crippen LogP contribution in [0.15, 0.2) is 18.2 Å². The minimum absolute atomic E-state index is 0.0466. The molecule has 130 valence electrons. The van der Waals surface area contributed by atoms with Gasteiger partial charge in [0.05, 0.1) is 12.0 Å². The van der Waals surface area contributed by atoms with Gasteiger partial charge in [0.1, 0.15) is 0 Å². The number of aliphatic carboxylic acids is 1. The minimum atomic E-state index is -0.835. The van der Waals surface area contributed by atoms with Crippen molar-refractivity contribution in [2.45, 2.75) is 25.7 Å². The lowest BCUT2D eigenvalue weighted by molar-refractivity contribution is -0.385. The summed E-state index contributed by atoms with van der Waals surface area (Å²) in [5, 5.41) is 19.7. The molecule has 1 aromatic rings. The van der Waals surface area contributed by atoms with Crippen LogP contribution in [0, 0.1) is 16.0 Å². The molecule has 1 aliphatic heterocycles. The van der Waals surface area contributed by atoms with Crippen molar-refractivity contribution in [2.75, 3.05) is 20.2 Å². The summed E-state index contributed by atoms with van der Waals surface area (Å²) in [4.78, 5) is 35.3. The molecular formula is C16H20N2O6. The highest BCUT2D eigenvalue weighted by Gasteiger charge is 2.26. The molecule has 0 radical (unpaired) electrons. The van der Waals surface area contributed by atoms with Crippen LogP contribution in [0.2, 0.25) is 0 Å². The van der Waals surface area contributed by atoms with Gasteiger partial charge in [-0.1, -0.05) is 0 Å². The van der Waals surface area contributed by atoms with Gasteiger partial charge in [-0.3, -0.25) is 19.7 Å². The Morgan fingerprint density at radius 3 is 2.83 bits per heavy atom. The monoisotopic (exact) mass is 336 g/mol. The summed E-state index contributed by atoms with van der Waals surface area (Å²) in [6, 6.07) is 4.06. The van der Waals surface area contributed by atoms with E-state index in [2.05, 4.69) is 0 Å². The third-order valence-electron chi connectivity index (χ3n) is 4.20. The van der Waals surface area contributed by atoms with Gasteiger partial charge in [-0.25, -0.2) is 0 Å². The maximum absolute atomic E-state index is 12.6. The number of nitrogens with zero attached hydrogens (tertiary/aromatic N) is 2. The smallest absolute Gasteiger partial charge is 0.310 e. The van der Waals surface area contributed by atoms with Gasteiger partial charge in [0.15, 0.2) is 5.75 Å². The number of hydrogen-bond donors (Lipinski definition) is 1. The number of methoxy groups -OCH3 is 1. The number of hydrogen-bond acceptors (Lipinski definition) is 5. The van der Waals surface area contributed by atoms with Gasteiger partial charge in [-0.05, 0) is 31.2 Å². The van der Waals surface area contributed by atoms with E-state index in [1.54, 1.807) is 4.90 Å². The Labute approximate surface area is 139 Å². The summed E-state index contributed by atoms with van der Waals surface area (Å²) < 4.78 is 4.99. The van der Waals surface area contributed by atoms with Gasteiger partial charge in [0.25, 0.3) is 5.91 Å². The summed E-state index contributed by atoms with van der Waals surface area (Å²) >= 11 is 0. The Bertz CT molecular complexity index is 645. The molecule has 0 aromatic heterocycles. The lowest BCUT2D eigenvalue weighted by Gasteiger charge is -2.32. The molecule has 0 bridgehead atoms. The summed E-state index contributed by atoms with van der Waals surface area (Å²) in [6.45, 7) is 1.10. The molecule has 0 saturated carbocycles. The van der Waals surface area contributed by atoms with Crippen LogP contribution in [0.3, 0.4) is 0 Å². The summed E-state index contributed by atoms with van der Waals surface area (Å²) in [7, 11) is 1.32. The standard InChI is InChI=1S/C16H20N2O6/c1-24-14-9-12(5-6-13(14)18(22)23)16(21)17-8-2-3-11(10-17)4-7-15(19)20/h5-6,9,11H,2-4,7-8,10H2,1H3,(H,19,20). The van der Waals surface area contributed by atoms with E-state index < -0.39 is 10.9 Å². The van der Waals surface area contributed by atoms with E-state index in [1.165, 1.54) is 25.3 Å². The first-order valence-corrected chi connectivity index (χ1v) is 7.76. The van der Waals surface area contributed by atoms with Crippen LogP contribution in [-0.4, -0.2) is 47.0 Å². The van der Waals surface area contributed by atoms with Crippen molar-refractivity contribution in [2.24, 2.45) is 5.92 Å². The molecule has 8 heteroatoms. The molecule has 1 atom stereocenters. The molecule has 0 spiro atoms. The fourth-order valence-electron chi connectivity index (χ4n) is 2.96. The number of nitro groups is 1. The molecule has 24 heavy (non-hydrogen) atoms. The fraction of sp³-hybridized carbons (Fsp3) is 0.500. The first kappa shape index (κ1) is 17.7. The topological polar surface area (TPSA) is 110 Å². The number of likely N-dealkylation sites (tertiary alicyclic amines) is 1. The number of carboxylic acid groups (broad SMARTS) is 1. The van der Waals surface area contributed by atoms with E-state index in [-0.39, 0.29) is 29.7 Å². The van der Waals surface area contributed by atoms with Crippen molar-refractivity contribution in [3.8, 4) is 5.75 Å². The molecule has 1 aromatic carbocycles. The zero-order valence-corrected chi connectivity index (χ0v) is 13.4. The van der Waals surface area contributed by atoms with E-state index in [0.29, 0.717) is 25.1 Å². The predicted molar refractivity (Wildman–Crippen MR) is 85.1 cm³/mol. The van der Waals surface area contributed by atoms with Crippen molar-refractivity contribution in [3.63, 3.8) is 0 Å². The van der Waals surface area contributed by atoms with Crippen molar-refractivity contribution in [1.29, 1.82) is 0 Å². The number of rotatable bonds is 6. The number of carbonyl (C=O) groups excluding carboxylic acids is 1. The molecule has 1 heterocycles. The first-order valence-electron chi connectivity index (χ1n) is 7.76. The Morgan fingerprint density at radius 2 is 2.21 bits per heavy atom. The lowest BCUT2D eigenvalue weighted by Crippen LogP contribution is -2.40. The summed E-state index contributed by atoms with van der Waals surface area (Å²) in [5.74, 6) is -0.842. The number of piperidine rings is 1. The second-order valence-electron chi connectivity index (χ2n) is 5.84. The fourth-order valence-corrected chi connectivity index (χ4v) is 2.96. The molecule has 1 amide bonds. The number of ether oxygens (including phenoxy) is 1. The molecule has 1 aliphatic rings. The van der Waals surface area contributed by atoms with Gasteiger partial charge >= 0.3 is 11.7 Å². The predicted octanol–water partition coefficient (Wildman–Crippen LogP) is 2.32. The molecule has 8 nitrogen and oxygen atoms in total. The third kappa shape index (κ3) is 4.21. The molecule has 1 unspecified atom stereocenters. The normalized spacial score (nSPS) is 17.4. The van der Waals surface area contributed by atoms with Crippen molar-refractivity contribution >= 4 is 17.6 Å². The number of nitro benzene ring substituents is 1. The highest BCUT2D eigenvalue weighted by Crippen LogP contribution is 2.29. The van der Waals surface area contributed by atoms with E-state index in [4.69, 9.17) is 9.84 Å². The van der Waals surface area contributed by atoms with Crippen molar-refractivity contribution in [3.05, 3.63) is 33.9 Å². The zero-order valence-electron chi connectivity index (χ0n) is 13.4. The lowest BCUT2D eigenvalue weighted by atomic mass is 9.93. The number of carbonyl (C=O) groups is 2. The molecule has 1 N–H and O–H groups in total. The van der Waals surface area contributed by atoms with Crippen LogP contribution in [-0.2, 0) is 4.79 Å². The van der Waals surface area contributed by atoms with Crippen LogP contribution >= 0.6 is 0 Å². The second kappa shape index (κ2) is 7.76. The van der Waals surface area contributed by atoms with Crippen molar-refractivity contribution < 1.29 is 24.4 Å². The second-order valence-corrected chi connectivity index (χ2v) is 5.84.